The van der Waals surface area contributed by atoms with Gasteiger partial charge in [0.15, 0.2) is 0 Å². The molecule has 0 saturated carbocycles. The summed E-state index contributed by atoms with van der Waals surface area (Å²) in [4.78, 5) is 14.4. The van der Waals surface area contributed by atoms with Crippen LogP contribution in [0, 0.1) is 5.92 Å². The molecule has 3 heterocycles. The molecule has 18 heavy (non-hydrogen) atoms. The van der Waals surface area contributed by atoms with E-state index in [0.717, 1.165) is 39.0 Å². The zero-order chi connectivity index (χ0) is 12.4. The lowest BCUT2D eigenvalue weighted by Gasteiger charge is -2.27. The first-order valence-corrected chi connectivity index (χ1v) is 6.70. The van der Waals surface area contributed by atoms with E-state index in [1.165, 1.54) is 0 Å². The molecule has 1 aromatic heterocycles. The smallest absolute Gasteiger partial charge is 0.228 e. The van der Waals surface area contributed by atoms with E-state index < -0.39 is 0 Å². The second-order valence-corrected chi connectivity index (χ2v) is 5.12. The Bertz CT molecular complexity index is 398. The summed E-state index contributed by atoms with van der Waals surface area (Å²) in [6.45, 7) is 3.03. The van der Waals surface area contributed by atoms with Crippen LogP contribution in [0.1, 0.15) is 19.3 Å². The second kappa shape index (κ2) is 5.10. The maximum absolute atomic E-state index is 12.4. The lowest BCUT2D eigenvalue weighted by Crippen LogP contribution is -2.41. The predicted molar refractivity (Wildman–Crippen MR) is 65.9 cm³/mol. The Balaban J connectivity index is 1.65. The van der Waals surface area contributed by atoms with Crippen LogP contribution >= 0.6 is 0 Å². The van der Waals surface area contributed by atoms with Crippen LogP contribution < -0.4 is 0 Å². The minimum atomic E-state index is 0.0863. The summed E-state index contributed by atoms with van der Waals surface area (Å²) in [7, 11) is 0. The van der Waals surface area contributed by atoms with Crippen molar-refractivity contribution < 1.29 is 9.53 Å². The Hall–Kier alpha value is -1.36. The average molecular weight is 249 g/mol. The third kappa shape index (κ3) is 2.27. The highest BCUT2D eigenvalue weighted by Gasteiger charge is 2.34. The van der Waals surface area contributed by atoms with Crippen LogP contribution in [0.2, 0.25) is 0 Å². The third-order valence-corrected chi connectivity index (χ3v) is 3.90. The largest absolute Gasteiger partial charge is 0.381 e. The predicted octanol–water partition coefficient (Wildman–Crippen LogP) is 0.911. The molecule has 5 heteroatoms. The molecule has 98 valence electrons. The molecule has 2 aliphatic rings. The molecule has 0 spiro atoms. The van der Waals surface area contributed by atoms with Crippen molar-refractivity contribution in [2.24, 2.45) is 5.92 Å². The van der Waals surface area contributed by atoms with Gasteiger partial charge < -0.3 is 9.64 Å². The first-order chi connectivity index (χ1) is 8.84. The average Bonchev–Trinajstić information content (AvgIpc) is 3.12. The van der Waals surface area contributed by atoms with E-state index in [1.807, 2.05) is 21.8 Å². The maximum atomic E-state index is 12.4. The fourth-order valence-electron chi connectivity index (χ4n) is 2.90. The SMILES string of the molecule is O=C([C@H]1CCOC1)N1CCC[C@H]1Cn1cccn1. The molecule has 2 aliphatic heterocycles. The minimum absolute atomic E-state index is 0.0863. The van der Waals surface area contributed by atoms with Crippen LogP contribution in [-0.2, 0) is 16.1 Å². The lowest BCUT2D eigenvalue weighted by atomic mass is 10.1. The second-order valence-electron chi connectivity index (χ2n) is 5.12. The lowest BCUT2D eigenvalue weighted by molar-refractivity contribution is -0.136. The highest BCUT2D eigenvalue weighted by Crippen LogP contribution is 2.24. The van der Waals surface area contributed by atoms with E-state index in [2.05, 4.69) is 5.10 Å². The number of hydrogen-bond acceptors (Lipinski definition) is 3. The molecule has 2 saturated heterocycles. The summed E-state index contributed by atoms with van der Waals surface area (Å²) in [6, 6.07) is 2.23. The fraction of sp³-hybridized carbons (Fsp3) is 0.692. The molecule has 2 fully saturated rings. The fourth-order valence-corrected chi connectivity index (χ4v) is 2.90. The molecule has 1 aromatic rings. The summed E-state index contributed by atoms with van der Waals surface area (Å²) in [6.07, 6.45) is 6.81. The molecule has 0 N–H and O–H groups in total. The molecule has 3 rings (SSSR count). The molecule has 0 aromatic carbocycles. The van der Waals surface area contributed by atoms with Crippen LogP contribution in [-0.4, -0.2) is 46.4 Å². The van der Waals surface area contributed by atoms with Crippen molar-refractivity contribution in [1.82, 2.24) is 14.7 Å². The Morgan fingerprint density at radius 1 is 1.44 bits per heavy atom. The van der Waals surface area contributed by atoms with Crippen molar-refractivity contribution in [2.45, 2.75) is 31.8 Å². The van der Waals surface area contributed by atoms with Crippen molar-refractivity contribution in [1.29, 1.82) is 0 Å². The van der Waals surface area contributed by atoms with E-state index in [0.29, 0.717) is 12.6 Å². The zero-order valence-electron chi connectivity index (χ0n) is 10.5. The first-order valence-electron chi connectivity index (χ1n) is 6.70. The van der Waals surface area contributed by atoms with Gasteiger partial charge in [0, 0.05) is 25.5 Å². The molecule has 1 amide bonds. The monoisotopic (exact) mass is 249 g/mol. The van der Waals surface area contributed by atoms with E-state index in [1.54, 1.807) is 6.20 Å². The van der Waals surface area contributed by atoms with Gasteiger partial charge in [-0.15, -0.1) is 0 Å². The van der Waals surface area contributed by atoms with Crippen molar-refractivity contribution >= 4 is 5.91 Å². The van der Waals surface area contributed by atoms with Gasteiger partial charge in [-0.25, -0.2) is 0 Å². The number of ether oxygens (including phenoxy) is 1. The van der Waals surface area contributed by atoms with Gasteiger partial charge in [-0.1, -0.05) is 0 Å². The van der Waals surface area contributed by atoms with Crippen LogP contribution in [0.25, 0.3) is 0 Å². The molecular formula is C13H19N3O2. The number of aromatic nitrogens is 2. The van der Waals surface area contributed by atoms with Gasteiger partial charge in [0.2, 0.25) is 5.91 Å². The number of rotatable bonds is 3. The van der Waals surface area contributed by atoms with Crippen molar-refractivity contribution in [3.8, 4) is 0 Å². The Morgan fingerprint density at radius 2 is 2.39 bits per heavy atom. The van der Waals surface area contributed by atoms with Crippen LogP contribution in [0.4, 0.5) is 0 Å². The van der Waals surface area contributed by atoms with Crippen LogP contribution in [0.5, 0.6) is 0 Å². The summed E-state index contributed by atoms with van der Waals surface area (Å²) in [5.41, 5.74) is 0. The van der Waals surface area contributed by atoms with Crippen LogP contribution in [0.3, 0.4) is 0 Å². The number of hydrogen-bond donors (Lipinski definition) is 0. The summed E-state index contributed by atoms with van der Waals surface area (Å²) in [5, 5.41) is 4.23. The third-order valence-electron chi connectivity index (χ3n) is 3.90. The van der Waals surface area contributed by atoms with Gasteiger partial charge in [0.1, 0.15) is 0 Å². The molecule has 5 nitrogen and oxygen atoms in total. The van der Waals surface area contributed by atoms with Gasteiger partial charge in [0.05, 0.1) is 25.1 Å². The molecule has 2 atom stereocenters. The van der Waals surface area contributed by atoms with Gasteiger partial charge in [-0.2, -0.15) is 5.10 Å². The van der Waals surface area contributed by atoms with Gasteiger partial charge in [0.25, 0.3) is 0 Å². The molecule has 0 bridgehead atoms. The van der Waals surface area contributed by atoms with E-state index in [-0.39, 0.29) is 11.8 Å². The number of carbonyl (C=O) groups is 1. The number of nitrogens with zero attached hydrogens (tertiary/aromatic N) is 3. The van der Waals surface area contributed by atoms with E-state index >= 15 is 0 Å². The molecular weight excluding hydrogens is 230 g/mol. The topological polar surface area (TPSA) is 47.4 Å². The quantitative estimate of drug-likeness (QED) is 0.800. The van der Waals surface area contributed by atoms with Gasteiger partial charge in [-0.05, 0) is 25.3 Å². The van der Waals surface area contributed by atoms with Crippen molar-refractivity contribution in [3.05, 3.63) is 18.5 Å². The standard InChI is InChI=1S/C13H19N3O2/c17-13(11-4-8-18-10-11)16-7-1-3-12(16)9-15-6-2-5-14-15/h2,5-6,11-12H,1,3-4,7-10H2/t11-,12-/m0/s1. The summed E-state index contributed by atoms with van der Waals surface area (Å²) < 4.78 is 7.23. The van der Waals surface area contributed by atoms with Crippen LogP contribution in [0.15, 0.2) is 18.5 Å². The normalized spacial score (nSPS) is 27.9. The Morgan fingerprint density at radius 3 is 3.11 bits per heavy atom. The maximum Gasteiger partial charge on any atom is 0.228 e. The van der Waals surface area contributed by atoms with E-state index in [9.17, 15) is 4.79 Å². The zero-order valence-corrected chi connectivity index (χ0v) is 10.5. The molecule has 0 radical (unpaired) electrons. The summed E-state index contributed by atoms with van der Waals surface area (Å²) in [5.74, 6) is 0.366. The van der Waals surface area contributed by atoms with Crippen molar-refractivity contribution in [2.75, 3.05) is 19.8 Å². The molecule has 0 unspecified atom stereocenters. The van der Waals surface area contributed by atoms with Crippen molar-refractivity contribution in [3.63, 3.8) is 0 Å². The highest BCUT2D eigenvalue weighted by atomic mass is 16.5. The number of carbonyl (C=O) groups excluding carboxylic acids is 1. The Kier molecular flexibility index (Phi) is 3.32. The molecule has 0 aliphatic carbocycles. The Labute approximate surface area is 107 Å². The number of likely N-dealkylation sites (tertiary alicyclic amines) is 1. The van der Waals surface area contributed by atoms with Gasteiger partial charge >= 0.3 is 0 Å². The van der Waals surface area contributed by atoms with E-state index in [4.69, 9.17) is 4.74 Å². The first kappa shape index (κ1) is 11.7. The number of amides is 1. The minimum Gasteiger partial charge on any atom is -0.381 e. The van der Waals surface area contributed by atoms with Gasteiger partial charge in [-0.3, -0.25) is 9.48 Å². The highest BCUT2D eigenvalue weighted by molar-refractivity contribution is 5.79. The summed E-state index contributed by atoms with van der Waals surface area (Å²) >= 11 is 0.